The minimum atomic E-state index is -0.362. The molecule has 0 spiro atoms. The molecule has 0 atom stereocenters. The largest absolute Gasteiger partial charge is 0.464 e. The summed E-state index contributed by atoms with van der Waals surface area (Å²) in [7, 11) is 0. The highest BCUT2D eigenvalue weighted by Crippen LogP contribution is 2.09. The molecule has 7 nitrogen and oxygen atoms in total. The number of hydrogen-bond donors (Lipinski definition) is 1. The highest BCUT2D eigenvalue weighted by atomic mass is 16.5. The number of amides is 1. The van der Waals surface area contributed by atoms with E-state index in [1.54, 1.807) is 24.0 Å². The van der Waals surface area contributed by atoms with Crippen molar-refractivity contribution in [3.63, 3.8) is 0 Å². The molecule has 2 rings (SSSR count). The molecule has 0 aromatic carbocycles. The van der Waals surface area contributed by atoms with E-state index in [2.05, 4.69) is 4.90 Å². The Balaban J connectivity index is 1.66. The van der Waals surface area contributed by atoms with Crippen LogP contribution in [0.5, 0.6) is 0 Å². The molecule has 1 fully saturated rings. The lowest BCUT2D eigenvalue weighted by atomic mass is 10.3. The monoisotopic (exact) mass is 307 g/mol. The second-order valence-electron chi connectivity index (χ2n) is 5.29. The summed E-state index contributed by atoms with van der Waals surface area (Å²) in [4.78, 5) is 27.3. The Labute approximate surface area is 129 Å². The number of carbonyl (C=O) groups is 2. The van der Waals surface area contributed by atoms with Crippen molar-refractivity contribution in [2.24, 2.45) is 0 Å². The second kappa shape index (κ2) is 7.74. The van der Waals surface area contributed by atoms with Crippen molar-refractivity contribution in [2.75, 3.05) is 39.3 Å². The van der Waals surface area contributed by atoms with Gasteiger partial charge in [-0.3, -0.25) is 14.5 Å². The van der Waals surface area contributed by atoms with Crippen molar-refractivity contribution in [1.82, 2.24) is 9.80 Å². The lowest BCUT2D eigenvalue weighted by molar-refractivity contribution is -0.142. The molecule has 1 N–H and O–H groups in total. The molecule has 0 aliphatic carbocycles. The molecule has 1 aromatic rings. The summed E-state index contributed by atoms with van der Waals surface area (Å²) in [5.74, 6) is -0.0823. The van der Waals surface area contributed by atoms with Crippen LogP contribution >= 0.6 is 0 Å². The average Bonchev–Trinajstić information content (AvgIpc) is 3.00. The quantitative estimate of drug-likeness (QED) is 0.626. The van der Waals surface area contributed by atoms with Gasteiger partial charge in [0.05, 0.1) is 12.7 Å². The fraction of sp³-hybridized carbons (Fsp3) is 0.533. The van der Waals surface area contributed by atoms with Crippen LogP contribution in [0.2, 0.25) is 0 Å². The summed E-state index contributed by atoms with van der Waals surface area (Å²) in [6.07, 6.45) is 1.54. The number of nitrogens with zero attached hydrogens (tertiary/aromatic N) is 2. The van der Waals surface area contributed by atoms with Crippen molar-refractivity contribution in [3.8, 4) is 0 Å². The second-order valence-corrected chi connectivity index (χ2v) is 5.29. The fourth-order valence-corrected chi connectivity index (χ4v) is 2.29. The maximum atomic E-state index is 12.1. The number of hydrogen-bond acceptors (Lipinski definition) is 6. The topological polar surface area (TPSA) is 86.8 Å². The molecule has 7 heteroatoms. The molecule has 2 heterocycles. The summed E-state index contributed by atoms with van der Waals surface area (Å²) in [5, 5.41) is 7.22. The minimum Gasteiger partial charge on any atom is -0.464 e. The number of piperazine rings is 1. The molecule has 1 aliphatic heterocycles. The van der Waals surface area contributed by atoms with E-state index in [1.807, 2.05) is 0 Å². The summed E-state index contributed by atoms with van der Waals surface area (Å²) in [5.41, 5.74) is 0.301. The van der Waals surface area contributed by atoms with Gasteiger partial charge in [-0.25, -0.2) is 0 Å². The van der Waals surface area contributed by atoms with Gasteiger partial charge in [-0.1, -0.05) is 0 Å². The molecule has 1 saturated heterocycles. The first kappa shape index (κ1) is 16.2. The average molecular weight is 307 g/mol. The molecule has 1 aromatic heterocycles. The van der Waals surface area contributed by atoms with Crippen LogP contribution < -0.4 is 0 Å². The van der Waals surface area contributed by atoms with Gasteiger partial charge in [0.2, 0.25) is 0 Å². The van der Waals surface area contributed by atoms with Gasteiger partial charge >= 0.3 is 5.97 Å². The number of ether oxygens (including phenoxy) is 1. The van der Waals surface area contributed by atoms with Crippen LogP contribution in [0.15, 0.2) is 22.8 Å². The standard InChI is InChI=1S/C15H21N3O4/c1-12(16)11-14(19)22-10-8-17-4-6-18(7-5-17)15(20)13-3-2-9-21-13/h2-3,9,16H,4-8,10-11H2,1H3. The number of nitrogens with one attached hydrogen (secondary N) is 1. The third-order valence-electron chi connectivity index (χ3n) is 3.47. The molecule has 0 radical (unpaired) electrons. The fourth-order valence-electron chi connectivity index (χ4n) is 2.29. The Bertz CT molecular complexity index is 519. The van der Waals surface area contributed by atoms with Crippen molar-refractivity contribution in [1.29, 1.82) is 5.41 Å². The van der Waals surface area contributed by atoms with Crippen LogP contribution in [0.25, 0.3) is 0 Å². The van der Waals surface area contributed by atoms with Crippen LogP contribution in [0.4, 0.5) is 0 Å². The molecule has 120 valence electrons. The molecule has 1 aliphatic rings. The van der Waals surface area contributed by atoms with Gasteiger partial charge in [0.15, 0.2) is 5.76 Å². The highest BCUT2D eigenvalue weighted by Gasteiger charge is 2.23. The summed E-state index contributed by atoms with van der Waals surface area (Å²) in [6, 6.07) is 3.37. The number of carbonyl (C=O) groups excluding carboxylic acids is 2. The highest BCUT2D eigenvalue weighted by molar-refractivity contribution is 5.95. The Morgan fingerprint density at radius 2 is 2.05 bits per heavy atom. The molecule has 0 saturated carbocycles. The van der Waals surface area contributed by atoms with Crippen molar-refractivity contribution in [2.45, 2.75) is 13.3 Å². The van der Waals surface area contributed by atoms with E-state index in [1.165, 1.54) is 6.26 Å². The number of furan rings is 1. The van der Waals surface area contributed by atoms with E-state index >= 15 is 0 Å². The third kappa shape index (κ3) is 4.70. The van der Waals surface area contributed by atoms with Gasteiger partial charge < -0.3 is 19.5 Å². The van der Waals surface area contributed by atoms with Crippen LogP contribution in [0.3, 0.4) is 0 Å². The Morgan fingerprint density at radius 3 is 2.64 bits per heavy atom. The molecule has 0 bridgehead atoms. The van der Waals surface area contributed by atoms with Crippen molar-refractivity contribution < 1.29 is 18.7 Å². The smallest absolute Gasteiger partial charge is 0.311 e. The van der Waals surface area contributed by atoms with Crippen molar-refractivity contribution in [3.05, 3.63) is 24.2 Å². The SMILES string of the molecule is CC(=N)CC(=O)OCCN1CCN(C(=O)c2ccco2)CC1. The first-order chi connectivity index (χ1) is 10.6. The molecule has 0 unspecified atom stereocenters. The van der Waals surface area contributed by atoms with Gasteiger partial charge in [-0.15, -0.1) is 0 Å². The van der Waals surface area contributed by atoms with Crippen LogP contribution in [0, 0.1) is 5.41 Å². The summed E-state index contributed by atoms with van der Waals surface area (Å²) >= 11 is 0. The Hall–Kier alpha value is -2.15. The molecule has 22 heavy (non-hydrogen) atoms. The summed E-state index contributed by atoms with van der Waals surface area (Å²) in [6.45, 7) is 5.29. The zero-order valence-corrected chi connectivity index (χ0v) is 12.7. The van der Waals surface area contributed by atoms with E-state index in [9.17, 15) is 9.59 Å². The minimum absolute atomic E-state index is 0.0471. The van der Waals surface area contributed by atoms with Gasteiger partial charge in [-0.05, 0) is 19.1 Å². The van der Waals surface area contributed by atoms with Crippen LogP contribution in [-0.4, -0.2) is 66.7 Å². The van der Waals surface area contributed by atoms with Gasteiger partial charge in [-0.2, -0.15) is 0 Å². The summed E-state index contributed by atoms with van der Waals surface area (Å²) < 4.78 is 10.2. The zero-order valence-electron chi connectivity index (χ0n) is 12.7. The van der Waals surface area contributed by atoms with Crippen molar-refractivity contribution >= 4 is 17.6 Å². The molecular weight excluding hydrogens is 286 g/mol. The van der Waals surface area contributed by atoms with Crippen LogP contribution in [-0.2, 0) is 9.53 Å². The maximum absolute atomic E-state index is 12.1. The van der Waals surface area contributed by atoms with E-state index in [0.717, 1.165) is 13.1 Å². The van der Waals surface area contributed by atoms with E-state index in [-0.39, 0.29) is 18.3 Å². The normalized spacial score (nSPS) is 15.6. The zero-order chi connectivity index (χ0) is 15.9. The molecule has 1 amide bonds. The first-order valence-electron chi connectivity index (χ1n) is 7.31. The lowest BCUT2D eigenvalue weighted by Gasteiger charge is -2.34. The number of rotatable bonds is 6. The van der Waals surface area contributed by atoms with Gasteiger partial charge in [0.1, 0.15) is 6.61 Å². The van der Waals surface area contributed by atoms with Gasteiger partial charge in [0, 0.05) is 38.4 Å². The predicted molar refractivity (Wildman–Crippen MR) is 80.0 cm³/mol. The number of esters is 1. The van der Waals surface area contributed by atoms with Gasteiger partial charge in [0.25, 0.3) is 5.91 Å². The lowest BCUT2D eigenvalue weighted by Crippen LogP contribution is -2.49. The predicted octanol–water partition coefficient (Wildman–Crippen LogP) is 1.01. The van der Waals surface area contributed by atoms with E-state index < -0.39 is 0 Å². The van der Waals surface area contributed by atoms with Crippen LogP contribution in [0.1, 0.15) is 23.9 Å². The maximum Gasteiger partial charge on any atom is 0.311 e. The third-order valence-corrected chi connectivity index (χ3v) is 3.47. The first-order valence-corrected chi connectivity index (χ1v) is 7.31. The molecular formula is C15H21N3O4. The van der Waals surface area contributed by atoms with E-state index in [0.29, 0.717) is 37.7 Å². The van der Waals surface area contributed by atoms with E-state index in [4.69, 9.17) is 14.6 Å². The Kier molecular flexibility index (Phi) is 5.71. The Morgan fingerprint density at radius 1 is 1.32 bits per heavy atom.